The molecule has 0 saturated heterocycles. The predicted molar refractivity (Wildman–Crippen MR) is 95.7 cm³/mol. The van der Waals surface area contributed by atoms with E-state index in [1.54, 1.807) is 29.7 Å². The monoisotopic (exact) mass is 342 g/mol. The summed E-state index contributed by atoms with van der Waals surface area (Å²) in [4.78, 5) is 13.5. The van der Waals surface area contributed by atoms with E-state index in [0.717, 1.165) is 16.9 Å². The van der Waals surface area contributed by atoms with Gasteiger partial charge in [0.05, 0.1) is 12.1 Å². The van der Waals surface area contributed by atoms with Gasteiger partial charge in [0.25, 0.3) is 0 Å². The first-order valence-electron chi connectivity index (χ1n) is 7.91. The van der Waals surface area contributed by atoms with E-state index < -0.39 is 0 Å². The number of hydrogen-bond donors (Lipinski definition) is 1. The number of allylic oxidation sites excluding steroid dienone is 2. The molecule has 0 spiro atoms. The minimum atomic E-state index is -0.261. The minimum Gasteiger partial charge on any atom is -0.273 e. The zero-order valence-corrected chi connectivity index (χ0v) is 14.2. The lowest BCUT2D eigenvalue weighted by atomic mass is 9.75. The van der Waals surface area contributed by atoms with Crippen LogP contribution in [0, 0.1) is 11.7 Å². The van der Waals surface area contributed by atoms with Crippen molar-refractivity contribution < 1.29 is 9.18 Å². The Morgan fingerprint density at radius 3 is 2.83 bits per heavy atom. The molecule has 1 aliphatic rings. The van der Waals surface area contributed by atoms with Crippen LogP contribution < -0.4 is 5.43 Å². The summed E-state index contributed by atoms with van der Waals surface area (Å²) in [5.41, 5.74) is 4.90. The van der Waals surface area contributed by atoms with Crippen molar-refractivity contribution in [2.45, 2.75) is 25.7 Å². The lowest BCUT2D eigenvalue weighted by molar-refractivity contribution is -0.125. The zero-order valence-electron chi connectivity index (χ0n) is 13.4. The summed E-state index contributed by atoms with van der Waals surface area (Å²) in [6.45, 7) is 2.07. The second kappa shape index (κ2) is 7.53. The molecule has 0 aliphatic heterocycles. The Bertz CT molecular complexity index is 750. The maximum Gasteiger partial charge on any atom is 0.244 e. The number of carbonyl (C=O) groups is 1. The smallest absolute Gasteiger partial charge is 0.244 e. The molecule has 1 aromatic heterocycles. The van der Waals surface area contributed by atoms with Gasteiger partial charge < -0.3 is 0 Å². The summed E-state index contributed by atoms with van der Waals surface area (Å²) in [7, 11) is 0. The first-order valence-corrected chi connectivity index (χ1v) is 8.79. The van der Waals surface area contributed by atoms with Crippen molar-refractivity contribution in [1.29, 1.82) is 0 Å². The standard InChI is InChI=1S/C19H19FN2OS/c1-13-4-9-17(18(11-13)14-5-7-15(20)8-6-14)19(23)22-21-12-16-3-2-10-24-16/h2-8,10,12,17-18H,9,11H2,1H3,(H,22,23)/b21-12-/t17-,18-/m0/s1. The van der Waals surface area contributed by atoms with Gasteiger partial charge in [-0.15, -0.1) is 11.3 Å². The molecule has 1 aromatic carbocycles. The molecule has 2 atom stereocenters. The fourth-order valence-electron chi connectivity index (χ4n) is 3.02. The quantitative estimate of drug-likeness (QED) is 0.497. The van der Waals surface area contributed by atoms with Crippen LogP contribution in [0.1, 0.15) is 36.1 Å². The van der Waals surface area contributed by atoms with Gasteiger partial charge in [-0.3, -0.25) is 4.79 Å². The van der Waals surface area contributed by atoms with Crippen LogP contribution in [0.5, 0.6) is 0 Å². The third-order valence-corrected chi connectivity index (χ3v) is 5.10. The molecule has 5 heteroatoms. The molecule has 0 saturated carbocycles. The molecule has 2 aromatic rings. The maximum absolute atomic E-state index is 13.2. The van der Waals surface area contributed by atoms with Gasteiger partial charge in [-0.1, -0.05) is 29.8 Å². The summed E-state index contributed by atoms with van der Waals surface area (Å²) in [5.74, 6) is -0.503. The molecular weight excluding hydrogens is 323 g/mol. The van der Waals surface area contributed by atoms with E-state index in [1.165, 1.54) is 17.7 Å². The van der Waals surface area contributed by atoms with Gasteiger partial charge in [-0.25, -0.2) is 9.82 Å². The Morgan fingerprint density at radius 1 is 1.33 bits per heavy atom. The zero-order chi connectivity index (χ0) is 16.9. The van der Waals surface area contributed by atoms with Gasteiger partial charge in [-0.2, -0.15) is 5.10 Å². The Labute approximate surface area is 144 Å². The minimum absolute atomic E-state index is 0.0486. The number of thiophene rings is 1. The fourth-order valence-corrected chi connectivity index (χ4v) is 3.61. The summed E-state index contributed by atoms with van der Waals surface area (Å²) < 4.78 is 13.2. The van der Waals surface area contributed by atoms with Crippen molar-refractivity contribution in [1.82, 2.24) is 5.43 Å². The van der Waals surface area contributed by atoms with Crippen molar-refractivity contribution in [3.63, 3.8) is 0 Å². The number of amides is 1. The van der Waals surface area contributed by atoms with Crippen LogP contribution in [0.15, 0.2) is 58.5 Å². The highest BCUT2D eigenvalue weighted by atomic mass is 32.1. The van der Waals surface area contributed by atoms with Crippen LogP contribution in [-0.2, 0) is 4.79 Å². The van der Waals surface area contributed by atoms with Gasteiger partial charge in [-0.05, 0) is 54.8 Å². The van der Waals surface area contributed by atoms with Crippen LogP contribution in [0.25, 0.3) is 0 Å². The summed E-state index contributed by atoms with van der Waals surface area (Å²) >= 11 is 1.56. The predicted octanol–water partition coefficient (Wildman–Crippen LogP) is 4.48. The van der Waals surface area contributed by atoms with Crippen LogP contribution in [0.4, 0.5) is 4.39 Å². The number of hydrogen-bond acceptors (Lipinski definition) is 3. The number of rotatable bonds is 4. The summed E-state index contributed by atoms with van der Waals surface area (Å²) in [6, 6.07) is 10.3. The van der Waals surface area contributed by atoms with Crippen LogP contribution in [0.3, 0.4) is 0 Å². The van der Waals surface area contributed by atoms with E-state index in [0.29, 0.717) is 6.42 Å². The molecule has 3 nitrogen and oxygen atoms in total. The van der Waals surface area contributed by atoms with Crippen LogP contribution >= 0.6 is 11.3 Å². The van der Waals surface area contributed by atoms with Gasteiger partial charge >= 0.3 is 0 Å². The van der Waals surface area contributed by atoms with E-state index >= 15 is 0 Å². The van der Waals surface area contributed by atoms with Gasteiger partial charge in [0, 0.05) is 4.88 Å². The van der Waals surface area contributed by atoms with Crippen molar-refractivity contribution in [2.75, 3.05) is 0 Å². The third-order valence-electron chi connectivity index (χ3n) is 4.29. The lowest BCUT2D eigenvalue weighted by Gasteiger charge is -2.29. The Hall–Kier alpha value is -2.27. The highest BCUT2D eigenvalue weighted by molar-refractivity contribution is 7.11. The average molecular weight is 342 g/mol. The van der Waals surface area contributed by atoms with E-state index in [-0.39, 0.29) is 23.6 Å². The molecule has 1 amide bonds. The molecule has 24 heavy (non-hydrogen) atoms. The molecule has 124 valence electrons. The first-order chi connectivity index (χ1) is 11.6. The topological polar surface area (TPSA) is 41.5 Å². The summed E-state index contributed by atoms with van der Waals surface area (Å²) in [5, 5.41) is 6.02. The fraction of sp³-hybridized carbons (Fsp3) is 0.263. The number of hydrazone groups is 1. The van der Waals surface area contributed by atoms with Crippen molar-refractivity contribution in [3.05, 3.63) is 69.7 Å². The largest absolute Gasteiger partial charge is 0.273 e. The van der Waals surface area contributed by atoms with Crippen LogP contribution in [-0.4, -0.2) is 12.1 Å². The molecule has 0 bridgehead atoms. The molecule has 0 unspecified atom stereocenters. The molecule has 1 N–H and O–H groups in total. The third kappa shape index (κ3) is 3.97. The molecule has 0 radical (unpaired) electrons. The van der Waals surface area contributed by atoms with Crippen molar-refractivity contribution >= 4 is 23.5 Å². The number of halogens is 1. The molecule has 0 fully saturated rings. The van der Waals surface area contributed by atoms with E-state index in [4.69, 9.17) is 0 Å². The van der Waals surface area contributed by atoms with Crippen molar-refractivity contribution in [3.8, 4) is 0 Å². The van der Waals surface area contributed by atoms with E-state index in [9.17, 15) is 9.18 Å². The molecule has 3 rings (SSSR count). The van der Waals surface area contributed by atoms with Crippen LogP contribution in [0.2, 0.25) is 0 Å². The van der Waals surface area contributed by atoms with E-state index in [2.05, 4.69) is 23.5 Å². The second-order valence-electron chi connectivity index (χ2n) is 6.00. The normalized spacial score (nSPS) is 20.8. The number of carbonyl (C=O) groups excluding carboxylic acids is 1. The number of nitrogens with zero attached hydrogens (tertiary/aromatic N) is 1. The van der Waals surface area contributed by atoms with Gasteiger partial charge in [0.2, 0.25) is 5.91 Å². The Balaban J connectivity index is 1.73. The maximum atomic E-state index is 13.2. The summed E-state index contributed by atoms with van der Waals surface area (Å²) in [6.07, 6.45) is 5.24. The molecule has 1 heterocycles. The second-order valence-corrected chi connectivity index (χ2v) is 6.98. The Morgan fingerprint density at radius 2 is 2.12 bits per heavy atom. The average Bonchev–Trinajstić information content (AvgIpc) is 3.09. The van der Waals surface area contributed by atoms with Crippen molar-refractivity contribution in [2.24, 2.45) is 11.0 Å². The highest BCUT2D eigenvalue weighted by Gasteiger charge is 2.31. The molecular formula is C19H19FN2OS. The number of benzene rings is 1. The number of nitrogens with one attached hydrogen (secondary N) is 1. The first kappa shape index (κ1) is 16.6. The van der Waals surface area contributed by atoms with Gasteiger partial charge in [0.15, 0.2) is 0 Å². The molecule has 1 aliphatic carbocycles. The van der Waals surface area contributed by atoms with Gasteiger partial charge in [0.1, 0.15) is 5.82 Å². The lowest BCUT2D eigenvalue weighted by Crippen LogP contribution is -2.32. The van der Waals surface area contributed by atoms with E-state index in [1.807, 2.05) is 17.5 Å². The SMILES string of the molecule is CC1=CC[C@H](C(=O)N/N=C\c2cccs2)[C@H](c2ccc(F)cc2)C1. The highest BCUT2D eigenvalue weighted by Crippen LogP contribution is 2.37. The Kier molecular flexibility index (Phi) is 5.20.